The Kier molecular flexibility index (Phi) is 3.17. The van der Waals surface area contributed by atoms with Gasteiger partial charge < -0.3 is 5.73 Å². The summed E-state index contributed by atoms with van der Waals surface area (Å²) >= 11 is 3.89. The molecule has 0 aliphatic rings. The molecule has 0 spiro atoms. The van der Waals surface area contributed by atoms with Crippen LogP contribution in [-0.4, -0.2) is 0 Å². The minimum Gasteiger partial charge on any atom is -0.398 e. The summed E-state index contributed by atoms with van der Waals surface area (Å²) in [5.74, 6) is -0.399. The summed E-state index contributed by atoms with van der Waals surface area (Å²) in [6.45, 7) is 1.70. The van der Waals surface area contributed by atoms with Gasteiger partial charge in [-0.15, -0.1) is 0 Å². The molecule has 0 atom stereocenters. The fourth-order valence-electron chi connectivity index (χ4n) is 0.882. The quantitative estimate of drug-likeness (QED) is 0.480. The number of hydrogen-bond donors (Lipinski definition) is 1. The average molecular weight is 261 g/mol. The minimum absolute atomic E-state index is 0.252. The molecule has 2 N–H and O–H groups in total. The second-order valence-corrected chi connectivity index (χ2v) is 4.01. The van der Waals surface area contributed by atoms with E-state index in [0.717, 1.165) is 11.8 Å². The van der Waals surface area contributed by atoms with E-state index in [1.807, 2.05) is 5.40 Å². The first-order chi connectivity index (χ1) is 6.07. The Morgan fingerprint density at radius 1 is 1.69 bits per heavy atom. The lowest BCUT2D eigenvalue weighted by atomic mass is 10.2. The number of rotatable bonds is 1. The molecule has 0 saturated heterocycles. The number of aryl methyl sites for hydroxylation is 1. The highest BCUT2D eigenvalue weighted by atomic mass is 79.9. The van der Waals surface area contributed by atoms with Crippen molar-refractivity contribution < 1.29 is 4.39 Å². The van der Waals surface area contributed by atoms with Gasteiger partial charge >= 0.3 is 0 Å². The van der Waals surface area contributed by atoms with E-state index in [1.54, 1.807) is 6.92 Å². The Morgan fingerprint density at radius 3 is 2.85 bits per heavy atom. The van der Waals surface area contributed by atoms with Gasteiger partial charge in [0.15, 0.2) is 0 Å². The monoisotopic (exact) mass is 260 g/mol. The van der Waals surface area contributed by atoms with Crippen LogP contribution in [0.5, 0.6) is 0 Å². The lowest BCUT2D eigenvalue weighted by Crippen LogP contribution is -1.95. The molecule has 0 saturated carbocycles. The maximum absolute atomic E-state index is 13.1. The number of benzene rings is 1. The van der Waals surface area contributed by atoms with Gasteiger partial charge in [-0.05, 0) is 46.2 Å². The van der Waals surface area contributed by atoms with Crippen molar-refractivity contribution in [3.63, 3.8) is 0 Å². The first-order valence-corrected chi connectivity index (χ1v) is 4.99. The van der Waals surface area contributed by atoms with Crippen molar-refractivity contribution >= 4 is 33.4 Å². The normalized spacial score (nSPS) is 9.69. The van der Waals surface area contributed by atoms with Crippen LogP contribution in [0.2, 0.25) is 0 Å². The summed E-state index contributed by atoms with van der Waals surface area (Å²) in [6.07, 6.45) is 0. The predicted octanol–water partition coefficient (Wildman–Crippen LogP) is 3.05. The van der Waals surface area contributed by atoms with Crippen LogP contribution < -0.4 is 5.73 Å². The van der Waals surface area contributed by atoms with Crippen LogP contribution in [0.1, 0.15) is 5.56 Å². The van der Waals surface area contributed by atoms with E-state index in [0.29, 0.717) is 16.1 Å². The van der Waals surface area contributed by atoms with E-state index in [1.165, 1.54) is 6.07 Å². The molecule has 13 heavy (non-hydrogen) atoms. The highest BCUT2D eigenvalue weighted by Crippen LogP contribution is 2.36. The molecule has 0 bridgehead atoms. The predicted molar refractivity (Wildman–Crippen MR) is 54.7 cm³/mol. The van der Waals surface area contributed by atoms with Crippen LogP contribution >= 0.6 is 27.7 Å². The third-order valence-corrected chi connectivity index (χ3v) is 3.33. The van der Waals surface area contributed by atoms with Gasteiger partial charge in [0.1, 0.15) is 11.2 Å². The zero-order valence-electron chi connectivity index (χ0n) is 6.77. The zero-order chi connectivity index (χ0) is 10.0. The number of hydrogen-bond acceptors (Lipinski definition) is 3. The summed E-state index contributed by atoms with van der Waals surface area (Å²) in [5.41, 5.74) is 6.75. The van der Waals surface area contributed by atoms with Crippen LogP contribution in [0.3, 0.4) is 0 Å². The summed E-state index contributed by atoms with van der Waals surface area (Å²) < 4.78 is 13.4. The topological polar surface area (TPSA) is 49.8 Å². The van der Waals surface area contributed by atoms with Gasteiger partial charge in [0.05, 0.1) is 15.1 Å². The Balaban J connectivity index is 3.39. The number of anilines is 1. The highest BCUT2D eigenvalue weighted by molar-refractivity contribution is 9.10. The molecule has 0 aliphatic carbocycles. The van der Waals surface area contributed by atoms with Crippen molar-refractivity contribution in [3.8, 4) is 5.40 Å². The van der Waals surface area contributed by atoms with Crippen molar-refractivity contribution in [2.45, 2.75) is 11.8 Å². The van der Waals surface area contributed by atoms with Gasteiger partial charge in [-0.25, -0.2) is 4.39 Å². The average Bonchev–Trinajstić information content (AvgIpc) is 2.09. The molecule has 5 heteroatoms. The highest BCUT2D eigenvalue weighted by Gasteiger charge is 2.12. The SMILES string of the molecule is Cc1cc(F)c(Br)c(SC#N)c1N. The fourth-order valence-corrected chi connectivity index (χ4v) is 2.00. The molecule has 2 nitrogen and oxygen atoms in total. The van der Waals surface area contributed by atoms with E-state index < -0.39 is 5.82 Å². The summed E-state index contributed by atoms with van der Waals surface area (Å²) in [4.78, 5) is 0.444. The smallest absolute Gasteiger partial charge is 0.138 e. The molecule has 1 aromatic rings. The van der Waals surface area contributed by atoms with Gasteiger partial charge in [0.25, 0.3) is 0 Å². The standard InChI is InChI=1S/C8H6BrFN2S/c1-4-2-5(10)6(9)8(7(4)12)13-3-11/h2H,12H2,1H3. The van der Waals surface area contributed by atoms with E-state index in [4.69, 9.17) is 11.0 Å². The summed E-state index contributed by atoms with van der Waals surface area (Å²) in [6, 6.07) is 1.33. The molecule has 1 rings (SSSR count). The number of thiocyanates is 1. The van der Waals surface area contributed by atoms with Crippen molar-refractivity contribution in [3.05, 3.63) is 21.9 Å². The fraction of sp³-hybridized carbons (Fsp3) is 0.125. The summed E-state index contributed by atoms with van der Waals surface area (Å²) in [7, 11) is 0. The molecule has 0 aliphatic heterocycles. The Labute approximate surface area is 88.0 Å². The third kappa shape index (κ3) is 1.95. The van der Waals surface area contributed by atoms with Gasteiger partial charge in [-0.1, -0.05) is 0 Å². The summed E-state index contributed by atoms with van der Waals surface area (Å²) in [5, 5.41) is 10.3. The van der Waals surface area contributed by atoms with E-state index in [9.17, 15) is 4.39 Å². The first kappa shape index (κ1) is 10.4. The lowest BCUT2D eigenvalue weighted by molar-refractivity contribution is 0.616. The molecule has 0 unspecified atom stereocenters. The third-order valence-electron chi connectivity index (χ3n) is 1.57. The van der Waals surface area contributed by atoms with Crippen LogP contribution in [0.25, 0.3) is 0 Å². The zero-order valence-corrected chi connectivity index (χ0v) is 9.17. The van der Waals surface area contributed by atoms with Crippen LogP contribution in [0.15, 0.2) is 15.4 Å². The molecule has 0 amide bonds. The molecule has 1 aromatic carbocycles. The van der Waals surface area contributed by atoms with E-state index in [2.05, 4.69) is 15.9 Å². The van der Waals surface area contributed by atoms with Crippen LogP contribution in [-0.2, 0) is 0 Å². The number of nitrogen functional groups attached to an aromatic ring is 1. The molecule has 0 radical (unpaired) electrons. The Hall–Kier alpha value is -0.730. The van der Waals surface area contributed by atoms with Crippen molar-refractivity contribution in [1.82, 2.24) is 0 Å². The second-order valence-electron chi connectivity index (χ2n) is 2.43. The minimum atomic E-state index is -0.399. The first-order valence-electron chi connectivity index (χ1n) is 3.38. The maximum atomic E-state index is 13.1. The second kappa shape index (κ2) is 3.99. The van der Waals surface area contributed by atoms with Crippen LogP contribution in [0.4, 0.5) is 10.1 Å². The Bertz CT molecular complexity index is 360. The van der Waals surface area contributed by atoms with Crippen molar-refractivity contribution in [2.24, 2.45) is 0 Å². The van der Waals surface area contributed by atoms with Gasteiger partial charge in [0, 0.05) is 0 Å². The van der Waals surface area contributed by atoms with Crippen molar-refractivity contribution in [1.29, 1.82) is 5.26 Å². The maximum Gasteiger partial charge on any atom is 0.138 e. The number of nitriles is 1. The number of halogens is 2. The molecule has 68 valence electrons. The van der Waals surface area contributed by atoms with Crippen LogP contribution in [0, 0.1) is 23.4 Å². The number of thioether (sulfide) groups is 1. The molecular weight excluding hydrogens is 255 g/mol. The molecule has 0 aromatic heterocycles. The van der Waals surface area contributed by atoms with Gasteiger partial charge in [0.2, 0.25) is 0 Å². The Morgan fingerprint density at radius 2 is 2.31 bits per heavy atom. The molecule has 0 fully saturated rings. The van der Waals surface area contributed by atoms with Gasteiger partial charge in [-0.2, -0.15) is 5.26 Å². The van der Waals surface area contributed by atoms with E-state index in [-0.39, 0.29) is 4.47 Å². The lowest BCUT2D eigenvalue weighted by Gasteiger charge is -2.07. The van der Waals surface area contributed by atoms with E-state index >= 15 is 0 Å². The number of nitrogens with zero attached hydrogens (tertiary/aromatic N) is 1. The molecular formula is C8H6BrFN2S. The van der Waals surface area contributed by atoms with Crippen molar-refractivity contribution in [2.75, 3.05) is 5.73 Å². The van der Waals surface area contributed by atoms with Gasteiger partial charge in [-0.3, -0.25) is 0 Å². The number of nitrogens with two attached hydrogens (primary N) is 1. The largest absolute Gasteiger partial charge is 0.398 e. The molecule has 0 heterocycles.